The molecule has 0 aromatic heterocycles. The maximum Gasteiger partial charge on any atom is 0.178 e. The zero-order valence-corrected chi connectivity index (χ0v) is 10.7. The smallest absolute Gasteiger partial charge is 0.178 e. The maximum absolute atomic E-state index is 9.25. The van der Waals surface area contributed by atoms with E-state index >= 15 is 0 Å². The average Bonchev–Trinajstić information content (AvgIpc) is 2.39. The van der Waals surface area contributed by atoms with Crippen molar-refractivity contribution >= 4 is 17.3 Å². The molecule has 0 spiro atoms. The van der Waals surface area contributed by atoms with Crippen molar-refractivity contribution in [1.82, 2.24) is 4.48 Å². The lowest BCUT2D eigenvalue weighted by atomic mass is 10.1. The van der Waals surface area contributed by atoms with Gasteiger partial charge in [-0.05, 0) is 6.07 Å². The van der Waals surface area contributed by atoms with Gasteiger partial charge in [-0.3, -0.25) is 4.48 Å². The molecule has 90 valence electrons. The van der Waals surface area contributed by atoms with E-state index in [-0.39, 0.29) is 6.04 Å². The summed E-state index contributed by atoms with van der Waals surface area (Å²) in [6, 6.07) is 10.0. The maximum atomic E-state index is 9.25. The Labute approximate surface area is 107 Å². The summed E-state index contributed by atoms with van der Waals surface area (Å²) in [5.41, 5.74) is 1.03. The van der Waals surface area contributed by atoms with Crippen molar-refractivity contribution in [3.8, 4) is 6.07 Å². The SMILES string of the molecule is CC(C#N)[N+]1(c2ccccc2Cl)CCOCC1. The Hall–Kier alpha value is -1.08. The summed E-state index contributed by atoms with van der Waals surface area (Å²) in [5.74, 6) is 0. The molecule has 0 radical (unpaired) electrons. The van der Waals surface area contributed by atoms with Crippen LogP contribution in [0.25, 0.3) is 0 Å². The van der Waals surface area contributed by atoms with Crippen molar-refractivity contribution < 1.29 is 4.74 Å². The van der Waals surface area contributed by atoms with E-state index in [1.54, 1.807) is 0 Å². The second-order valence-corrected chi connectivity index (χ2v) is 4.76. The van der Waals surface area contributed by atoms with Gasteiger partial charge in [-0.15, -0.1) is 0 Å². The molecule has 17 heavy (non-hydrogen) atoms. The van der Waals surface area contributed by atoms with Gasteiger partial charge in [-0.1, -0.05) is 23.7 Å². The summed E-state index contributed by atoms with van der Waals surface area (Å²) >= 11 is 6.28. The summed E-state index contributed by atoms with van der Waals surface area (Å²) in [5, 5.41) is 9.99. The average molecular weight is 252 g/mol. The predicted molar refractivity (Wildman–Crippen MR) is 68.9 cm³/mol. The number of nitrogens with zero attached hydrogens (tertiary/aromatic N) is 2. The molecule has 0 amide bonds. The molecule has 0 saturated carbocycles. The quantitative estimate of drug-likeness (QED) is 0.757. The first-order valence-electron chi connectivity index (χ1n) is 5.80. The first-order valence-corrected chi connectivity index (χ1v) is 6.18. The fourth-order valence-corrected chi connectivity index (χ4v) is 2.73. The van der Waals surface area contributed by atoms with Gasteiger partial charge < -0.3 is 4.74 Å². The molecule has 1 aromatic rings. The highest BCUT2D eigenvalue weighted by atomic mass is 35.5. The van der Waals surface area contributed by atoms with E-state index in [4.69, 9.17) is 16.3 Å². The molecule has 1 fully saturated rings. The molecular formula is C13H16ClN2O+. The number of halogens is 1. The Kier molecular flexibility index (Phi) is 3.68. The van der Waals surface area contributed by atoms with E-state index in [0.29, 0.717) is 17.7 Å². The van der Waals surface area contributed by atoms with Crippen LogP contribution in [0.15, 0.2) is 24.3 Å². The highest BCUT2D eigenvalue weighted by molar-refractivity contribution is 6.33. The summed E-state index contributed by atoms with van der Waals surface area (Å²) in [6.45, 7) is 4.92. The van der Waals surface area contributed by atoms with E-state index in [1.165, 1.54) is 0 Å². The van der Waals surface area contributed by atoms with Gasteiger partial charge in [0.15, 0.2) is 11.7 Å². The summed E-state index contributed by atoms with van der Waals surface area (Å²) in [4.78, 5) is 0. The third-order valence-electron chi connectivity index (χ3n) is 3.53. The highest BCUT2D eigenvalue weighted by Crippen LogP contribution is 2.34. The van der Waals surface area contributed by atoms with Crippen LogP contribution >= 0.6 is 11.6 Å². The molecular weight excluding hydrogens is 236 g/mol. The van der Waals surface area contributed by atoms with Gasteiger partial charge in [0.05, 0.1) is 13.2 Å². The number of hydrogen-bond acceptors (Lipinski definition) is 2. The molecule has 1 atom stereocenters. The van der Waals surface area contributed by atoms with Gasteiger partial charge in [-0.25, -0.2) is 0 Å². The molecule has 0 aliphatic carbocycles. The van der Waals surface area contributed by atoms with Crippen LogP contribution in [-0.2, 0) is 4.74 Å². The summed E-state index contributed by atoms with van der Waals surface area (Å²) in [6.07, 6.45) is 0. The van der Waals surface area contributed by atoms with Crippen molar-refractivity contribution in [3.05, 3.63) is 29.3 Å². The van der Waals surface area contributed by atoms with E-state index in [2.05, 4.69) is 6.07 Å². The van der Waals surface area contributed by atoms with Gasteiger partial charge in [0.1, 0.15) is 24.2 Å². The third kappa shape index (κ3) is 2.16. The fourth-order valence-electron chi connectivity index (χ4n) is 2.43. The Morgan fingerprint density at radius 1 is 1.35 bits per heavy atom. The molecule has 1 unspecified atom stereocenters. The number of rotatable bonds is 2. The molecule has 1 heterocycles. The van der Waals surface area contributed by atoms with Gasteiger partial charge >= 0.3 is 0 Å². The van der Waals surface area contributed by atoms with Gasteiger partial charge in [-0.2, -0.15) is 5.26 Å². The molecule has 1 aromatic carbocycles. The van der Waals surface area contributed by atoms with E-state index < -0.39 is 0 Å². The van der Waals surface area contributed by atoms with Crippen molar-refractivity contribution in [3.63, 3.8) is 0 Å². The Bertz CT molecular complexity index is 435. The second-order valence-electron chi connectivity index (χ2n) is 4.35. The normalized spacial score (nSPS) is 20.5. The highest BCUT2D eigenvalue weighted by Gasteiger charge is 2.39. The third-order valence-corrected chi connectivity index (χ3v) is 3.85. The number of morpholine rings is 1. The van der Waals surface area contributed by atoms with E-state index in [1.807, 2.05) is 31.2 Å². The summed E-state index contributed by atoms with van der Waals surface area (Å²) in [7, 11) is 0. The van der Waals surface area contributed by atoms with E-state index in [9.17, 15) is 5.26 Å². The molecule has 1 saturated heterocycles. The minimum Gasteiger partial charge on any atom is -0.370 e. The monoisotopic (exact) mass is 251 g/mol. The Morgan fingerprint density at radius 3 is 2.59 bits per heavy atom. The van der Waals surface area contributed by atoms with Crippen LogP contribution in [0.4, 0.5) is 5.69 Å². The molecule has 2 rings (SSSR count). The van der Waals surface area contributed by atoms with Crippen LogP contribution in [0.1, 0.15) is 6.92 Å². The molecule has 0 N–H and O–H groups in total. The Balaban J connectivity index is 2.47. The van der Waals surface area contributed by atoms with Crippen LogP contribution in [0.5, 0.6) is 0 Å². The van der Waals surface area contributed by atoms with Gasteiger partial charge in [0, 0.05) is 13.0 Å². The lowest BCUT2D eigenvalue weighted by Gasteiger charge is -2.43. The van der Waals surface area contributed by atoms with Crippen molar-refractivity contribution in [2.75, 3.05) is 26.3 Å². The number of hydrogen-bond donors (Lipinski definition) is 0. The second kappa shape index (κ2) is 5.05. The number of benzene rings is 1. The van der Waals surface area contributed by atoms with Gasteiger partial charge in [0.2, 0.25) is 0 Å². The van der Waals surface area contributed by atoms with Crippen LogP contribution < -0.4 is 4.48 Å². The summed E-state index contributed by atoms with van der Waals surface area (Å²) < 4.78 is 6.02. The van der Waals surface area contributed by atoms with Crippen LogP contribution in [0, 0.1) is 11.3 Å². The number of para-hydroxylation sites is 1. The largest absolute Gasteiger partial charge is 0.370 e. The Morgan fingerprint density at radius 2 is 2.00 bits per heavy atom. The molecule has 1 aliphatic heterocycles. The minimum absolute atomic E-state index is 0.112. The molecule has 3 nitrogen and oxygen atoms in total. The number of ether oxygens (including phenoxy) is 1. The first-order chi connectivity index (χ1) is 8.20. The zero-order valence-electron chi connectivity index (χ0n) is 9.90. The fraction of sp³-hybridized carbons (Fsp3) is 0.462. The first kappa shape index (κ1) is 12.4. The molecule has 4 heteroatoms. The lowest BCUT2D eigenvalue weighted by Crippen LogP contribution is -2.61. The van der Waals surface area contributed by atoms with Crippen LogP contribution in [0.2, 0.25) is 5.02 Å². The van der Waals surface area contributed by atoms with Crippen molar-refractivity contribution in [2.24, 2.45) is 0 Å². The molecule has 1 aliphatic rings. The van der Waals surface area contributed by atoms with Crippen LogP contribution in [0.3, 0.4) is 0 Å². The van der Waals surface area contributed by atoms with Gasteiger partial charge in [0.25, 0.3) is 0 Å². The van der Waals surface area contributed by atoms with Crippen molar-refractivity contribution in [2.45, 2.75) is 13.0 Å². The predicted octanol–water partition coefficient (Wildman–Crippen LogP) is 2.59. The van der Waals surface area contributed by atoms with Crippen molar-refractivity contribution in [1.29, 1.82) is 5.26 Å². The molecule has 0 bridgehead atoms. The van der Waals surface area contributed by atoms with Crippen LogP contribution in [-0.4, -0.2) is 32.3 Å². The number of nitriles is 1. The standard InChI is InChI=1S/C13H16ClN2O/c1-11(10-15)16(6-8-17-9-7-16)13-5-3-2-4-12(13)14/h2-5,11H,6-9H2,1H3/q+1. The lowest BCUT2D eigenvalue weighted by molar-refractivity contribution is 0.0331. The number of quaternary nitrogens is 1. The minimum atomic E-state index is -0.112. The topological polar surface area (TPSA) is 33.0 Å². The van der Waals surface area contributed by atoms with E-state index in [0.717, 1.165) is 23.8 Å². The zero-order chi connectivity index (χ0) is 12.3.